The van der Waals surface area contributed by atoms with Gasteiger partial charge in [0.15, 0.2) is 0 Å². The van der Waals surface area contributed by atoms with Gasteiger partial charge >= 0.3 is 0 Å². The van der Waals surface area contributed by atoms with E-state index in [1.54, 1.807) is 45.9 Å². The monoisotopic (exact) mass is 353 g/mol. The van der Waals surface area contributed by atoms with Crippen molar-refractivity contribution in [2.75, 3.05) is 11.9 Å². The lowest BCUT2D eigenvalue weighted by Gasteiger charge is -2.22. The minimum atomic E-state index is -3.64. The highest BCUT2D eigenvalue weighted by molar-refractivity contribution is 7.89. The summed E-state index contributed by atoms with van der Waals surface area (Å²) in [5.74, 6) is -0.101. The number of anilines is 1. The average molecular weight is 353 g/mol. The van der Waals surface area contributed by atoms with Gasteiger partial charge in [-0.05, 0) is 64.8 Å². The Morgan fingerprint density at radius 3 is 2.62 bits per heavy atom. The molecule has 0 saturated carbocycles. The molecular formula is C17H27N3O3S. The number of hydrogen-bond donors (Lipinski definition) is 3. The lowest BCUT2D eigenvalue weighted by atomic mass is 10.1. The van der Waals surface area contributed by atoms with Crippen LogP contribution in [0.25, 0.3) is 0 Å². The van der Waals surface area contributed by atoms with Gasteiger partial charge in [0.25, 0.3) is 0 Å². The van der Waals surface area contributed by atoms with Crippen LogP contribution >= 0.6 is 0 Å². The fourth-order valence-corrected chi connectivity index (χ4v) is 4.54. The third-order valence-corrected chi connectivity index (χ3v) is 5.78. The highest BCUT2D eigenvalue weighted by Crippen LogP contribution is 2.24. The topological polar surface area (TPSA) is 87.3 Å². The van der Waals surface area contributed by atoms with E-state index in [4.69, 9.17) is 0 Å². The van der Waals surface area contributed by atoms with Gasteiger partial charge in [0.05, 0.1) is 4.90 Å². The molecule has 134 valence electrons. The van der Waals surface area contributed by atoms with Gasteiger partial charge in [-0.1, -0.05) is 6.07 Å². The van der Waals surface area contributed by atoms with Crippen LogP contribution in [0.3, 0.4) is 0 Å². The molecule has 1 amide bonds. The molecule has 0 bridgehead atoms. The molecular weight excluding hydrogens is 326 g/mol. The third kappa shape index (κ3) is 5.03. The summed E-state index contributed by atoms with van der Waals surface area (Å²) in [6.45, 7) is 8.03. The van der Waals surface area contributed by atoms with E-state index in [-0.39, 0.29) is 16.8 Å². The van der Waals surface area contributed by atoms with Crippen molar-refractivity contribution < 1.29 is 13.2 Å². The molecule has 1 atom stereocenters. The number of amides is 1. The van der Waals surface area contributed by atoms with Crippen LogP contribution in [-0.4, -0.2) is 32.5 Å². The number of nitrogens with one attached hydrogen (secondary N) is 3. The van der Waals surface area contributed by atoms with Crippen LogP contribution in [0.4, 0.5) is 5.69 Å². The zero-order chi connectivity index (χ0) is 18.0. The number of hydrogen-bond acceptors (Lipinski definition) is 4. The fourth-order valence-electron chi connectivity index (χ4n) is 2.86. The zero-order valence-corrected chi connectivity index (χ0v) is 15.6. The molecule has 1 aliphatic heterocycles. The van der Waals surface area contributed by atoms with Gasteiger partial charge < -0.3 is 10.6 Å². The number of sulfonamides is 1. The lowest BCUT2D eigenvalue weighted by Crippen LogP contribution is -2.40. The molecule has 7 heteroatoms. The van der Waals surface area contributed by atoms with Crippen molar-refractivity contribution >= 4 is 21.6 Å². The van der Waals surface area contributed by atoms with E-state index in [1.165, 1.54) is 0 Å². The van der Waals surface area contributed by atoms with Crippen LogP contribution < -0.4 is 15.4 Å². The maximum absolute atomic E-state index is 12.6. The third-order valence-electron chi connectivity index (χ3n) is 3.88. The van der Waals surface area contributed by atoms with Gasteiger partial charge in [0.2, 0.25) is 15.9 Å². The van der Waals surface area contributed by atoms with Crippen LogP contribution in [-0.2, 0) is 14.8 Å². The second-order valence-electron chi connectivity index (χ2n) is 7.33. The van der Waals surface area contributed by atoms with Crippen molar-refractivity contribution in [2.24, 2.45) is 0 Å². The molecule has 1 unspecified atom stereocenters. The summed E-state index contributed by atoms with van der Waals surface area (Å²) >= 11 is 0. The second kappa shape index (κ2) is 7.21. The number of benzene rings is 1. The summed E-state index contributed by atoms with van der Waals surface area (Å²) in [5.41, 5.74) is 0.510. The molecule has 1 saturated heterocycles. The molecule has 6 nitrogen and oxygen atoms in total. The van der Waals surface area contributed by atoms with Crippen molar-refractivity contribution in [1.29, 1.82) is 0 Å². The van der Waals surface area contributed by atoms with Crippen molar-refractivity contribution in [2.45, 2.75) is 63.4 Å². The van der Waals surface area contributed by atoms with E-state index in [0.29, 0.717) is 17.7 Å². The molecule has 2 rings (SSSR count). The van der Waals surface area contributed by atoms with Gasteiger partial charge in [0, 0.05) is 23.7 Å². The van der Waals surface area contributed by atoms with Gasteiger partial charge in [-0.2, -0.15) is 0 Å². The van der Waals surface area contributed by atoms with Crippen molar-refractivity contribution in [3.05, 3.63) is 23.8 Å². The molecule has 0 spiro atoms. The van der Waals surface area contributed by atoms with Gasteiger partial charge in [-0.25, -0.2) is 13.1 Å². The molecule has 1 heterocycles. The summed E-state index contributed by atoms with van der Waals surface area (Å²) in [7, 11) is -3.64. The minimum absolute atomic E-state index is 0.101. The summed E-state index contributed by atoms with van der Waals surface area (Å²) in [6, 6.07) is 5.14. The first-order valence-corrected chi connectivity index (χ1v) is 9.74. The molecule has 3 N–H and O–H groups in total. The predicted molar refractivity (Wildman–Crippen MR) is 95.5 cm³/mol. The Morgan fingerprint density at radius 2 is 2.04 bits per heavy atom. The number of carbonyl (C=O) groups is 1. The maximum atomic E-state index is 12.6. The number of rotatable bonds is 5. The van der Waals surface area contributed by atoms with Crippen LogP contribution in [0, 0.1) is 6.92 Å². The van der Waals surface area contributed by atoms with E-state index in [0.717, 1.165) is 19.4 Å². The van der Waals surface area contributed by atoms with E-state index < -0.39 is 15.6 Å². The highest BCUT2D eigenvalue weighted by atomic mass is 32.2. The standard InChI is InChI=1S/C17H27N3O3S/c1-12-14(19-16(21)11-13-7-6-10-18-13)8-5-9-15(12)24(22,23)20-17(2,3)4/h5,8-9,13,18,20H,6-7,10-11H2,1-4H3,(H,19,21). The Hall–Kier alpha value is -1.44. The minimum Gasteiger partial charge on any atom is -0.326 e. The molecule has 1 fully saturated rings. The first-order valence-electron chi connectivity index (χ1n) is 8.25. The lowest BCUT2D eigenvalue weighted by molar-refractivity contribution is -0.116. The van der Waals surface area contributed by atoms with Crippen molar-refractivity contribution in [3.8, 4) is 0 Å². The van der Waals surface area contributed by atoms with Crippen molar-refractivity contribution in [1.82, 2.24) is 10.0 Å². The SMILES string of the molecule is Cc1c(NC(=O)CC2CCCN2)cccc1S(=O)(=O)NC(C)(C)C. The number of carbonyl (C=O) groups excluding carboxylic acids is 1. The Labute approximate surface area is 144 Å². The average Bonchev–Trinajstić information content (AvgIpc) is 2.91. The molecule has 1 aromatic carbocycles. The molecule has 24 heavy (non-hydrogen) atoms. The fraction of sp³-hybridized carbons (Fsp3) is 0.588. The van der Waals surface area contributed by atoms with Gasteiger partial charge in [0.1, 0.15) is 0 Å². The van der Waals surface area contributed by atoms with Gasteiger partial charge in [-0.3, -0.25) is 4.79 Å². The molecule has 0 aliphatic carbocycles. The van der Waals surface area contributed by atoms with Gasteiger partial charge in [-0.15, -0.1) is 0 Å². The van der Waals surface area contributed by atoms with Crippen molar-refractivity contribution in [3.63, 3.8) is 0 Å². The highest BCUT2D eigenvalue weighted by Gasteiger charge is 2.25. The summed E-state index contributed by atoms with van der Waals surface area (Å²) in [6.07, 6.45) is 2.48. The van der Waals surface area contributed by atoms with E-state index in [2.05, 4.69) is 15.4 Å². The van der Waals surface area contributed by atoms with E-state index in [1.807, 2.05) is 0 Å². The molecule has 1 aromatic rings. The predicted octanol–water partition coefficient (Wildman–Crippen LogP) is 2.15. The maximum Gasteiger partial charge on any atom is 0.241 e. The Balaban J connectivity index is 2.16. The normalized spacial score (nSPS) is 18.6. The van der Waals surface area contributed by atoms with Crippen LogP contribution in [0.5, 0.6) is 0 Å². The van der Waals surface area contributed by atoms with E-state index >= 15 is 0 Å². The first kappa shape index (κ1) is 18.9. The quantitative estimate of drug-likeness (QED) is 0.757. The molecule has 0 aromatic heterocycles. The Kier molecular flexibility index (Phi) is 5.67. The molecule has 1 aliphatic rings. The van der Waals surface area contributed by atoms with E-state index in [9.17, 15) is 13.2 Å². The summed E-state index contributed by atoms with van der Waals surface area (Å²) < 4.78 is 27.7. The smallest absolute Gasteiger partial charge is 0.241 e. The Morgan fingerprint density at radius 1 is 1.33 bits per heavy atom. The zero-order valence-electron chi connectivity index (χ0n) is 14.8. The Bertz CT molecular complexity index is 702. The summed E-state index contributed by atoms with van der Waals surface area (Å²) in [4.78, 5) is 12.4. The summed E-state index contributed by atoms with van der Waals surface area (Å²) in [5, 5.41) is 6.12. The van der Waals surface area contributed by atoms with Crippen LogP contribution in [0.2, 0.25) is 0 Å². The first-order chi connectivity index (χ1) is 11.1. The second-order valence-corrected chi connectivity index (χ2v) is 8.98. The van der Waals surface area contributed by atoms with Crippen LogP contribution in [0.15, 0.2) is 23.1 Å². The molecule has 0 radical (unpaired) electrons. The largest absolute Gasteiger partial charge is 0.326 e. The van der Waals surface area contributed by atoms with Crippen LogP contribution in [0.1, 0.15) is 45.6 Å².